The van der Waals surface area contributed by atoms with Crippen LogP contribution in [-0.2, 0) is 16.0 Å². The lowest BCUT2D eigenvalue weighted by Crippen LogP contribution is -2.33. The van der Waals surface area contributed by atoms with Gasteiger partial charge in [0.1, 0.15) is 12.3 Å². The number of nitrogens with two attached hydrogens (primary N) is 1. The predicted molar refractivity (Wildman–Crippen MR) is 55.5 cm³/mol. The second-order valence-corrected chi connectivity index (χ2v) is 3.19. The maximum atomic E-state index is 11.0. The van der Waals surface area contributed by atoms with Crippen LogP contribution in [0.5, 0.6) is 0 Å². The van der Waals surface area contributed by atoms with E-state index < -0.39 is 12.0 Å². The van der Waals surface area contributed by atoms with Gasteiger partial charge in [-0.3, -0.25) is 9.59 Å². The molecule has 0 radical (unpaired) electrons. The predicted octanol–water partition coefficient (Wildman–Crippen LogP) is 0.542. The van der Waals surface area contributed by atoms with E-state index in [9.17, 15) is 9.59 Å². The number of aldehydes is 1. The van der Waals surface area contributed by atoms with E-state index in [1.807, 2.05) is 0 Å². The van der Waals surface area contributed by atoms with Crippen LogP contribution >= 0.6 is 0 Å². The molecule has 1 aromatic carbocycles. The maximum Gasteiger partial charge on any atom is 0.322 e. The largest absolute Gasteiger partial charge is 0.468 e. The Bertz CT molecular complexity index is 345. The van der Waals surface area contributed by atoms with Crippen molar-refractivity contribution in [1.29, 1.82) is 0 Å². The highest BCUT2D eigenvalue weighted by molar-refractivity contribution is 5.76. The molecule has 0 saturated carbocycles. The molecule has 1 unspecified atom stereocenters. The van der Waals surface area contributed by atoms with Crippen LogP contribution in [-0.4, -0.2) is 25.4 Å². The summed E-state index contributed by atoms with van der Waals surface area (Å²) < 4.78 is 4.51. The second kappa shape index (κ2) is 5.26. The van der Waals surface area contributed by atoms with Gasteiger partial charge in [-0.1, -0.05) is 24.3 Å². The zero-order valence-corrected chi connectivity index (χ0v) is 8.47. The van der Waals surface area contributed by atoms with Gasteiger partial charge in [-0.25, -0.2) is 0 Å². The van der Waals surface area contributed by atoms with Crippen molar-refractivity contribution in [1.82, 2.24) is 0 Å². The molecule has 1 aromatic rings. The number of carbonyl (C=O) groups excluding carboxylic acids is 2. The van der Waals surface area contributed by atoms with Crippen molar-refractivity contribution in [3.8, 4) is 0 Å². The number of benzene rings is 1. The average molecular weight is 207 g/mol. The van der Waals surface area contributed by atoms with Gasteiger partial charge in [0.15, 0.2) is 0 Å². The lowest BCUT2D eigenvalue weighted by Gasteiger charge is -2.08. The van der Waals surface area contributed by atoms with Crippen molar-refractivity contribution < 1.29 is 14.3 Å². The highest BCUT2D eigenvalue weighted by atomic mass is 16.5. The molecule has 0 amide bonds. The maximum absolute atomic E-state index is 11.0. The molecule has 2 N–H and O–H groups in total. The summed E-state index contributed by atoms with van der Waals surface area (Å²) >= 11 is 0. The fourth-order valence-corrected chi connectivity index (χ4v) is 1.22. The number of hydrogen-bond donors (Lipinski definition) is 1. The topological polar surface area (TPSA) is 69.4 Å². The van der Waals surface area contributed by atoms with Crippen LogP contribution in [0.4, 0.5) is 0 Å². The summed E-state index contributed by atoms with van der Waals surface area (Å²) in [6, 6.07) is 6.26. The highest BCUT2D eigenvalue weighted by Gasteiger charge is 2.13. The Morgan fingerprint density at radius 2 is 2.07 bits per heavy atom. The zero-order chi connectivity index (χ0) is 11.3. The number of hydrogen-bond acceptors (Lipinski definition) is 4. The van der Waals surface area contributed by atoms with Gasteiger partial charge >= 0.3 is 5.97 Å². The Labute approximate surface area is 88.0 Å². The quantitative estimate of drug-likeness (QED) is 0.578. The van der Waals surface area contributed by atoms with Crippen molar-refractivity contribution in [2.24, 2.45) is 5.73 Å². The summed E-state index contributed by atoms with van der Waals surface area (Å²) in [7, 11) is 1.30. The molecule has 0 saturated heterocycles. The summed E-state index contributed by atoms with van der Waals surface area (Å²) in [5, 5.41) is 0. The average Bonchev–Trinajstić information content (AvgIpc) is 2.29. The Morgan fingerprint density at radius 3 is 2.53 bits per heavy atom. The molecule has 0 fully saturated rings. The SMILES string of the molecule is COC(=O)C(N)Cc1ccc(C=O)cc1. The van der Waals surface area contributed by atoms with E-state index in [1.54, 1.807) is 24.3 Å². The van der Waals surface area contributed by atoms with Crippen molar-refractivity contribution in [3.05, 3.63) is 35.4 Å². The molecule has 1 rings (SSSR count). The van der Waals surface area contributed by atoms with Gasteiger partial charge in [0.2, 0.25) is 0 Å². The Hall–Kier alpha value is -1.68. The lowest BCUT2D eigenvalue weighted by molar-refractivity contribution is -0.142. The molecule has 0 aromatic heterocycles. The van der Waals surface area contributed by atoms with Crippen LogP contribution in [0.25, 0.3) is 0 Å². The van der Waals surface area contributed by atoms with Gasteiger partial charge in [0, 0.05) is 5.56 Å². The van der Waals surface area contributed by atoms with Crippen molar-refractivity contribution in [3.63, 3.8) is 0 Å². The molecule has 0 spiro atoms. The minimum Gasteiger partial charge on any atom is -0.468 e. The van der Waals surface area contributed by atoms with E-state index in [2.05, 4.69) is 4.74 Å². The Morgan fingerprint density at radius 1 is 1.47 bits per heavy atom. The fraction of sp³-hybridized carbons (Fsp3) is 0.273. The number of methoxy groups -OCH3 is 1. The molecule has 0 aliphatic heterocycles. The van der Waals surface area contributed by atoms with Gasteiger partial charge in [-0.2, -0.15) is 0 Å². The van der Waals surface area contributed by atoms with Crippen molar-refractivity contribution in [2.75, 3.05) is 7.11 Å². The normalized spacial score (nSPS) is 11.9. The molecular weight excluding hydrogens is 194 g/mol. The van der Waals surface area contributed by atoms with Gasteiger partial charge in [-0.05, 0) is 12.0 Å². The summed E-state index contributed by atoms with van der Waals surface area (Å²) in [4.78, 5) is 21.4. The first-order valence-corrected chi connectivity index (χ1v) is 4.55. The summed E-state index contributed by atoms with van der Waals surface area (Å²) in [5.41, 5.74) is 7.09. The van der Waals surface area contributed by atoms with Crippen LogP contribution in [0.3, 0.4) is 0 Å². The first-order valence-electron chi connectivity index (χ1n) is 4.55. The third kappa shape index (κ3) is 3.18. The number of carbonyl (C=O) groups is 2. The lowest BCUT2D eigenvalue weighted by atomic mass is 10.1. The van der Waals surface area contributed by atoms with Gasteiger partial charge in [-0.15, -0.1) is 0 Å². The molecule has 15 heavy (non-hydrogen) atoms. The molecule has 0 heterocycles. The minimum atomic E-state index is -0.655. The van der Waals surface area contributed by atoms with E-state index in [0.717, 1.165) is 11.8 Å². The Kier molecular flexibility index (Phi) is 4.00. The van der Waals surface area contributed by atoms with Gasteiger partial charge in [0.25, 0.3) is 0 Å². The summed E-state index contributed by atoms with van der Waals surface area (Å²) in [6.45, 7) is 0. The summed E-state index contributed by atoms with van der Waals surface area (Å²) in [6.07, 6.45) is 1.18. The van der Waals surface area contributed by atoms with E-state index in [1.165, 1.54) is 7.11 Å². The molecule has 4 nitrogen and oxygen atoms in total. The van der Waals surface area contributed by atoms with Crippen LogP contribution in [0, 0.1) is 0 Å². The van der Waals surface area contributed by atoms with Crippen LogP contribution in [0.15, 0.2) is 24.3 Å². The minimum absolute atomic E-state index is 0.409. The Balaban J connectivity index is 2.64. The van der Waals surface area contributed by atoms with E-state index in [4.69, 9.17) is 5.73 Å². The smallest absolute Gasteiger partial charge is 0.322 e. The molecule has 4 heteroatoms. The molecule has 1 atom stereocenters. The standard InChI is InChI=1S/C11H13NO3/c1-15-11(14)10(12)6-8-2-4-9(7-13)5-3-8/h2-5,7,10H,6,12H2,1H3. The van der Waals surface area contributed by atoms with E-state index >= 15 is 0 Å². The molecule has 0 aliphatic rings. The second-order valence-electron chi connectivity index (χ2n) is 3.19. The zero-order valence-electron chi connectivity index (χ0n) is 8.47. The van der Waals surface area contributed by atoms with E-state index in [0.29, 0.717) is 12.0 Å². The highest BCUT2D eigenvalue weighted by Crippen LogP contribution is 2.05. The third-order valence-electron chi connectivity index (χ3n) is 2.08. The number of esters is 1. The van der Waals surface area contributed by atoms with E-state index in [-0.39, 0.29) is 0 Å². The summed E-state index contributed by atoms with van der Waals surface area (Å²) in [5.74, 6) is -0.436. The van der Waals surface area contributed by atoms with Crippen LogP contribution in [0.2, 0.25) is 0 Å². The number of rotatable bonds is 4. The molecule has 80 valence electrons. The molecular formula is C11H13NO3. The van der Waals surface area contributed by atoms with Crippen LogP contribution < -0.4 is 5.73 Å². The first kappa shape index (κ1) is 11.4. The molecule has 0 aliphatic carbocycles. The monoisotopic (exact) mass is 207 g/mol. The first-order chi connectivity index (χ1) is 7.17. The van der Waals surface area contributed by atoms with Crippen molar-refractivity contribution in [2.45, 2.75) is 12.5 Å². The van der Waals surface area contributed by atoms with Gasteiger partial charge < -0.3 is 10.5 Å². The third-order valence-corrected chi connectivity index (χ3v) is 2.08. The van der Waals surface area contributed by atoms with Crippen LogP contribution in [0.1, 0.15) is 15.9 Å². The van der Waals surface area contributed by atoms with Gasteiger partial charge in [0.05, 0.1) is 7.11 Å². The molecule has 0 bridgehead atoms. The van der Waals surface area contributed by atoms with Crippen molar-refractivity contribution >= 4 is 12.3 Å². The fourth-order valence-electron chi connectivity index (χ4n) is 1.22. The number of ether oxygens (including phenoxy) is 1.